The third kappa shape index (κ3) is 6.25. The van der Waals surface area contributed by atoms with Crippen LogP contribution in [-0.4, -0.2) is 97.4 Å². The number of amides is 1. The van der Waals surface area contributed by atoms with E-state index in [1.54, 1.807) is 7.11 Å². The summed E-state index contributed by atoms with van der Waals surface area (Å²) in [6.45, 7) is 5.71. The van der Waals surface area contributed by atoms with Crippen LogP contribution in [0.15, 0.2) is 54.9 Å². The molecule has 254 valence electrons. The molecule has 1 unspecified atom stereocenters. The molecule has 10 nitrogen and oxygen atoms in total. The van der Waals surface area contributed by atoms with Gasteiger partial charge in [0, 0.05) is 55.3 Å². The molecule has 12 heteroatoms. The standard InChI is InChI=1S/C37H38ClFN6O4/c1-22(39)36(46)45-15-14-44(19-24(45)12-13-40)35-33-31(41-37(42-35)49-21-25-17-26(47-3)20-43(25)2)18-29(28-10-6-16-48-34(28)33)27-9-4-7-23-8-5-11-30(38)32(23)27/h4-5,7-9,11,18,24-26H,1,6,10,12,14-17,19-21H2,2-3H3/t24-,25?,26+/m0/s1. The molecule has 0 N–H and O–H groups in total. The Kier molecular flexibility index (Phi) is 9.29. The van der Waals surface area contributed by atoms with Crippen molar-refractivity contribution in [2.45, 2.75) is 43.9 Å². The molecule has 0 spiro atoms. The minimum Gasteiger partial charge on any atom is -0.492 e. The molecule has 3 aromatic carbocycles. The molecule has 3 aliphatic heterocycles. The average Bonchev–Trinajstić information content (AvgIpc) is 3.48. The Bertz CT molecular complexity index is 1980. The third-order valence-corrected chi connectivity index (χ3v) is 10.3. The largest absolute Gasteiger partial charge is 0.492 e. The number of carbonyl (C=O) groups excluding carboxylic acids is 1. The van der Waals surface area contributed by atoms with Gasteiger partial charge < -0.3 is 24.0 Å². The summed E-state index contributed by atoms with van der Waals surface area (Å²) in [5, 5.41) is 13.0. The Labute approximate surface area is 289 Å². The molecule has 3 aliphatic rings. The summed E-state index contributed by atoms with van der Waals surface area (Å²) >= 11 is 6.82. The zero-order valence-corrected chi connectivity index (χ0v) is 28.4. The van der Waals surface area contributed by atoms with Crippen LogP contribution >= 0.6 is 11.6 Å². The Balaban J connectivity index is 1.38. The van der Waals surface area contributed by atoms with Crippen molar-refractivity contribution in [2.24, 2.45) is 0 Å². The molecule has 4 aromatic rings. The molecule has 0 saturated carbocycles. The molecular weight excluding hydrogens is 647 g/mol. The number of hydrogen-bond acceptors (Lipinski definition) is 9. The van der Waals surface area contributed by atoms with Crippen LogP contribution in [0.4, 0.5) is 10.2 Å². The van der Waals surface area contributed by atoms with Crippen molar-refractivity contribution in [2.75, 3.05) is 58.5 Å². The zero-order valence-electron chi connectivity index (χ0n) is 27.6. The van der Waals surface area contributed by atoms with Gasteiger partial charge in [-0.3, -0.25) is 9.69 Å². The molecule has 49 heavy (non-hydrogen) atoms. The highest BCUT2D eigenvalue weighted by molar-refractivity contribution is 6.36. The van der Waals surface area contributed by atoms with E-state index in [4.69, 9.17) is 35.8 Å². The minimum absolute atomic E-state index is 0.0250. The monoisotopic (exact) mass is 684 g/mol. The summed E-state index contributed by atoms with van der Waals surface area (Å²) in [6, 6.07) is 16.1. The second kappa shape index (κ2) is 13.8. The van der Waals surface area contributed by atoms with E-state index in [2.05, 4.69) is 41.8 Å². The number of likely N-dealkylation sites (tertiary alicyclic amines) is 1. The predicted molar refractivity (Wildman–Crippen MR) is 187 cm³/mol. The number of aromatic nitrogens is 2. The molecule has 2 fully saturated rings. The van der Waals surface area contributed by atoms with Gasteiger partial charge in [-0.15, -0.1) is 0 Å². The van der Waals surface area contributed by atoms with Crippen LogP contribution in [0.3, 0.4) is 0 Å². The maximum Gasteiger partial charge on any atom is 0.319 e. The normalized spacial score (nSPS) is 21.0. The summed E-state index contributed by atoms with van der Waals surface area (Å²) in [7, 11) is 3.77. The number of carbonyl (C=O) groups is 1. The lowest BCUT2D eigenvalue weighted by atomic mass is 9.89. The van der Waals surface area contributed by atoms with E-state index in [0.717, 1.165) is 58.7 Å². The van der Waals surface area contributed by atoms with Crippen molar-refractivity contribution in [3.8, 4) is 29.0 Å². The van der Waals surface area contributed by atoms with Gasteiger partial charge in [0.1, 0.15) is 18.2 Å². The van der Waals surface area contributed by atoms with Gasteiger partial charge in [-0.1, -0.05) is 48.5 Å². The lowest BCUT2D eigenvalue weighted by Crippen LogP contribution is -2.55. The summed E-state index contributed by atoms with van der Waals surface area (Å²) < 4.78 is 32.4. The quantitative estimate of drug-likeness (QED) is 0.209. The fourth-order valence-corrected chi connectivity index (χ4v) is 7.75. The van der Waals surface area contributed by atoms with Gasteiger partial charge >= 0.3 is 6.01 Å². The van der Waals surface area contributed by atoms with Gasteiger partial charge in [-0.2, -0.15) is 15.2 Å². The minimum atomic E-state index is -1.05. The number of likely N-dealkylation sites (N-methyl/N-ethyl adjacent to an activating group) is 1. The first kappa shape index (κ1) is 33.0. The van der Waals surface area contributed by atoms with E-state index in [1.165, 1.54) is 4.90 Å². The number of piperazine rings is 1. The van der Waals surface area contributed by atoms with Crippen LogP contribution in [0.25, 0.3) is 32.8 Å². The molecule has 1 amide bonds. The van der Waals surface area contributed by atoms with Gasteiger partial charge in [-0.25, -0.2) is 4.39 Å². The first-order chi connectivity index (χ1) is 23.8. The Hall–Kier alpha value is -4.50. The maximum atomic E-state index is 14.0. The smallest absolute Gasteiger partial charge is 0.319 e. The predicted octanol–water partition coefficient (Wildman–Crippen LogP) is 5.94. The van der Waals surface area contributed by atoms with Crippen LogP contribution in [0.2, 0.25) is 5.02 Å². The first-order valence-corrected chi connectivity index (χ1v) is 17.0. The number of hydrogen-bond donors (Lipinski definition) is 0. The van der Waals surface area contributed by atoms with Crippen LogP contribution < -0.4 is 14.4 Å². The molecule has 1 aromatic heterocycles. The first-order valence-electron chi connectivity index (χ1n) is 16.6. The molecule has 3 atom stereocenters. The topological polar surface area (TPSA) is 104 Å². The molecule has 0 bridgehead atoms. The SMILES string of the molecule is C=C(F)C(=O)N1CCN(c2nc(OCC3C[C@@H](OC)CN3C)nc3cc(-c4cccc5cccc(Cl)c45)c4c(c23)OCCC4)C[C@@H]1CC#N. The second-order valence-electron chi connectivity index (χ2n) is 12.9. The highest BCUT2D eigenvalue weighted by Gasteiger charge is 2.35. The fourth-order valence-electron chi connectivity index (χ4n) is 7.46. The van der Waals surface area contributed by atoms with Gasteiger partial charge in [-0.05, 0) is 55.0 Å². The third-order valence-electron chi connectivity index (χ3n) is 9.96. The Morgan fingerprint density at radius 3 is 2.71 bits per heavy atom. The number of methoxy groups -OCH3 is 1. The van der Waals surface area contributed by atoms with Crippen LogP contribution in [-0.2, 0) is 16.0 Å². The lowest BCUT2D eigenvalue weighted by Gasteiger charge is -2.41. The number of anilines is 1. The zero-order chi connectivity index (χ0) is 34.2. The molecule has 0 aliphatic carbocycles. The fraction of sp³-hybridized carbons (Fsp3) is 0.405. The van der Waals surface area contributed by atoms with Gasteiger partial charge in [0.15, 0.2) is 5.83 Å². The number of nitriles is 1. The van der Waals surface area contributed by atoms with E-state index in [-0.39, 0.29) is 37.7 Å². The maximum absolute atomic E-state index is 14.0. The van der Waals surface area contributed by atoms with E-state index >= 15 is 0 Å². The highest BCUT2D eigenvalue weighted by Crippen LogP contribution is 2.46. The number of rotatable bonds is 8. The van der Waals surface area contributed by atoms with Crippen LogP contribution in [0.5, 0.6) is 11.8 Å². The molecule has 7 rings (SSSR count). The van der Waals surface area contributed by atoms with Crippen LogP contribution in [0.1, 0.15) is 24.8 Å². The summed E-state index contributed by atoms with van der Waals surface area (Å²) in [5.41, 5.74) is 3.65. The summed E-state index contributed by atoms with van der Waals surface area (Å²) in [5.74, 6) is -0.555. The average molecular weight is 685 g/mol. The van der Waals surface area contributed by atoms with Gasteiger partial charge in [0.2, 0.25) is 0 Å². The molecule has 4 heterocycles. The number of benzene rings is 3. The second-order valence-corrected chi connectivity index (χ2v) is 13.3. The van der Waals surface area contributed by atoms with Crippen molar-refractivity contribution >= 4 is 45.0 Å². The number of ether oxygens (including phenoxy) is 3. The Morgan fingerprint density at radius 2 is 1.96 bits per heavy atom. The molecular formula is C37H38ClFN6O4. The van der Waals surface area contributed by atoms with Crippen LogP contribution in [0, 0.1) is 11.3 Å². The van der Waals surface area contributed by atoms with Crippen molar-refractivity contribution in [3.05, 3.63) is 65.5 Å². The van der Waals surface area contributed by atoms with E-state index in [0.29, 0.717) is 41.9 Å². The summed E-state index contributed by atoms with van der Waals surface area (Å²) in [6.07, 6.45) is 2.61. The Morgan fingerprint density at radius 1 is 1.14 bits per heavy atom. The number of fused-ring (bicyclic) bond motifs is 4. The highest BCUT2D eigenvalue weighted by atomic mass is 35.5. The van der Waals surface area contributed by atoms with E-state index < -0.39 is 17.8 Å². The number of halogens is 2. The van der Waals surface area contributed by atoms with Crippen molar-refractivity contribution < 1.29 is 23.4 Å². The van der Waals surface area contributed by atoms with Crippen molar-refractivity contribution in [1.29, 1.82) is 5.26 Å². The summed E-state index contributed by atoms with van der Waals surface area (Å²) in [4.78, 5) is 28.3. The van der Waals surface area contributed by atoms with E-state index in [9.17, 15) is 14.4 Å². The van der Waals surface area contributed by atoms with Gasteiger partial charge in [0.05, 0.1) is 42.1 Å². The van der Waals surface area contributed by atoms with Gasteiger partial charge in [0.25, 0.3) is 5.91 Å². The molecule has 0 radical (unpaired) electrons. The van der Waals surface area contributed by atoms with Crippen molar-refractivity contribution in [1.82, 2.24) is 19.8 Å². The number of nitrogens with zero attached hydrogens (tertiary/aromatic N) is 6. The lowest BCUT2D eigenvalue weighted by molar-refractivity contribution is -0.131. The molecule has 2 saturated heterocycles. The van der Waals surface area contributed by atoms with E-state index in [1.807, 2.05) is 30.1 Å². The van der Waals surface area contributed by atoms with Crippen molar-refractivity contribution in [3.63, 3.8) is 0 Å².